The van der Waals surface area contributed by atoms with Crippen LogP contribution in [0.25, 0.3) is 0 Å². The van der Waals surface area contributed by atoms with E-state index in [2.05, 4.69) is 5.32 Å². The number of hydrogen-bond donors (Lipinski definition) is 1. The van der Waals surface area contributed by atoms with E-state index >= 15 is 0 Å². The smallest absolute Gasteiger partial charge is 0.211 e. The predicted octanol–water partition coefficient (Wildman–Crippen LogP) is 3.29. The van der Waals surface area contributed by atoms with E-state index in [-0.39, 0.29) is 27.8 Å². The summed E-state index contributed by atoms with van der Waals surface area (Å²) in [7, 11) is 0. The van der Waals surface area contributed by atoms with Gasteiger partial charge in [-0.3, -0.25) is 9.59 Å². The summed E-state index contributed by atoms with van der Waals surface area (Å²) in [5.74, 6) is -0.520. The highest BCUT2D eigenvalue weighted by Crippen LogP contribution is 2.28. The molecule has 0 aromatic heterocycles. The summed E-state index contributed by atoms with van der Waals surface area (Å²) in [5, 5.41) is 3.07. The molecule has 100 valence electrons. The van der Waals surface area contributed by atoms with Crippen molar-refractivity contribution in [2.75, 3.05) is 0 Å². The van der Waals surface area contributed by atoms with E-state index < -0.39 is 0 Å². The topological polar surface area (TPSA) is 46.2 Å². The summed E-state index contributed by atoms with van der Waals surface area (Å²) in [6, 6.07) is 6.74. The molecule has 0 radical (unpaired) electrons. The van der Waals surface area contributed by atoms with Gasteiger partial charge in [-0.05, 0) is 20.3 Å². The Labute approximate surface area is 117 Å². The van der Waals surface area contributed by atoms with Crippen molar-refractivity contribution in [3.63, 3.8) is 0 Å². The molecule has 0 saturated carbocycles. The summed E-state index contributed by atoms with van der Waals surface area (Å²) in [6.07, 6.45) is 0.809. The van der Waals surface area contributed by atoms with Crippen molar-refractivity contribution in [3.8, 4) is 0 Å². The van der Waals surface area contributed by atoms with Gasteiger partial charge in [0.25, 0.3) is 0 Å². The summed E-state index contributed by atoms with van der Waals surface area (Å²) >= 11 is 6.07. The molecule has 4 heteroatoms. The first-order valence-electron chi connectivity index (χ1n) is 6.24. The van der Waals surface area contributed by atoms with Gasteiger partial charge >= 0.3 is 0 Å². The van der Waals surface area contributed by atoms with Crippen LogP contribution >= 0.6 is 11.6 Å². The Morgan fingerprint density at radius 2 is 1.63 bits per heavy atom. The normalized spacial score (nSPS) is 15.6. The first kappa shape index (κ1) is 13.8. The average Bonchev–Trinajstić information content (AvgIpc) is 2.41. The summed E-state index contributed by atoms with van der Waals surface area (Å²) in [5.41, 5.74) is 0.693. The quantitative estimate of drug-likeness (QED) is 0.922. The molecule has 19 heavy (non-hydrogen) atoms. The Balaban J connectivity index is 2.49. The number of nitrogens with one attached hydrogen (secondary N) is 1. The van der Waals surface area contributed by atoms with Gasteiger partial charge in [0.2, 0.25) is 11.6 Å². The molecule has 0 saturated heterocycles. The molecule has 0 bridgehead atoms. The van der Waals surface area contributed by atoms with Crippen molar-refractivity contribution < 1.29 is 9.59 Å². The van der Waals surface area contributed by atoms with Gasteiger partial charge in [0.05, 0.1) is 0 Å². The Morgan fingerprint density at radius 1 is 1.11 bits per heavy atom. The van der Waals surface area contributed by atoms with Crippen molar-refractivity contribution in [2.24, 2.45) is 0 Å². The Kier molecular flexibility index (Phi) is 3.50. The van der Waals surface area contributed by atoms with Crippen LogP contribution < -0.4 is 5.32 Å². The molecule has 0 unspecified atom stereocenters. The van der Waals surface area contributed by atoms with Crippen molar-refractivity contribution in [1.29, 1.82) is 0 Å². The molecule has 1 aliphatic rings. The maximum Gasteiger partial charge on any atom is 0.211 e. The number of halogens is 1. The van der Waals surface area contributed by atoms with Crippen molar-refractivity contribution >= 4 is 23.2 Å². The lowest BCUT2D eigenvalue weighted by Crippen LogP contribution is -2.42. The second-order valence-corrected chi connectivity index (χ2v) is 5.63. The molecule has 0 amide bonds. The van der Waals surface area contributed by atoms with Crippen LogP contribution in [0.15, 0.2) is 35.0 Å². The van der Waals surface area contributed by atoms with Crippen LogP contribution in [0.4, 0.5) is 0 Å². The minimum atomic E-state index is -0.300. The van der Waals surface area contributed by atoms with E-state index in [9.17, 15) is 9.59 Å². The zero-order valence-corrected chi connectivity index (χ0v) is 12.0. The third kappa shape index (κ3) is 2.43. The zero-order valence-electron chi connectivity index (χ0n) is 11.2. The van der Waals surface area contributed by atoms with Gasteiger partial charge < -0.3 is 5.32 Å². The monoisotopic (exact) mass is 277 g/mol. The number of hydrogen-bond acceptors (Lipinski definition) is 3. The van der Waals surface area contributed by atoms with Gasteiger partial charge in [0.1, 0.15) is 10.7 Å². The van der Waals surface area contributed by atoms with Gasteiger partial charge in [-0.25, -0.2) is 0 Å². The van der Waals surface area contributed by atoms with Crippen LogP contribution in [-0.4, -0.2) is 17.1 Å². The van der Waals surface area contributed by atoms with Crippen LogP contribution in [0, 0.1) is 0 Å². The lowest BCUT2D eigenvalue weighted by atomic mass is 9.91. The summed E-state index contributed by atoms with van der Waals surface area (Å²) < 4.78 is 0. The first-order chi connectivity index (χ1) is 8.87. The van der Waals surface area contributed by atoms with E-state index in [4.69, 9.17) is 11.6 Å². The Morgan fingerprint density at radius 3 is 2.16 bits per heavy atom. The molecular formula is C15H16ClNO2. The molecule has 0 spiro atoms. The fraction of sp³-hybridized carbons (Fsp3) is 0.333. The molecule has 0 atom stereocenters. The van der Waals surface area contributed by atoms with Crippen molar-refractivity contribution in [2.45, 2.75) is 32.7 Å². The minimum Gasteiger partial charge on any atom is -0.376 e. The number of fused-ring (bicyclic) bond motifs is 1. The molecule has 1 aromatic carbocycles. The molecule has 0 heterocycles. The molecule has 1 aliphatic carbocycles. The lowest BCUT2D eigenvalue weighted by molar-refractivity contribution is 0.0969. The predicted molar refractivity (Wildman–Crippen MR) is 75.5 cm³/mol. The third-order valence-corrected chi connectivity index (χ3v) is 3.77. The maximum absolute atomic E-state index is 12.4. The highest BCUT2D eigenvalue weighted by atomic mass is 35.5. The molecule has 0 fully saturated rings. The van der Waals surface area contributed by atoms with Gasteiger partial charge in [0.15, 0.2) is 0 Å². The SMILES string of the molecule is CCC(C)(C)NC1=C(Cl)C(=O)c2ccccc2C1=O. The fourth-order valence-corrected chi connectivity index (χ4v) is 2.12. The van der Waals surface area contributed by atoms with Crippen LogP contribution in [0.1, 0.15) is 47.9 Å². The number of allylic oxidation sites excluding steroid dienone is 2. The Bertz CT molecular complexity index is 588. The minimum absolute atomic E-state index is 0.0229. The van der Waals surface area contributed by atoms with Crippen molar-refractivity contribution in [1.82, 2.24) is 5.32 Å². The van der Waals surface area contributed by atoms with Crippen LogP contribution in [0.5, 0.6) is 0 Å². The van der Waals surface area contributed by atoms with E-state index in [0.717, 1.165) is 6.42 Å². The molecule has 0 aliphatic heterocycles. The summed E-state index contributed by atoms with van der Waals surface area (Å²) in [4.78, 5) is 24.6. The highest BCUT2D eigenvalue weighted by Gasteiger charge is 2.33. The van der Waals surface area contributed by atoms with E-state index in [1.165, 1.54) is 0 Å². The standard InChI is InChI=1S/C15H16ClNO2/c1-4-15(2,3)17-12-11(16)13(18)9-7-5-6-8-10(9)14(12)19/h5-8,17H,4H2,1-3H3. The van der Waals surface area contributed by atoms with Gasteiger partial charge in [0, 0.05) is 16.7 Å². The van der Waals surface area contributed by atoms with Gasteiger partial charge in [-0.1, -0.05) is 42.8 Å². The van der Waals surface area contributed by atoms with Crippen molar-refractivity contribution in [3.05, 3.63) is 46.1 Å². The number of Topliss-reactive ketones (excluding diaryl/α,β-unsaturated/α-hetero) is 2. The fourth-order valence-electron chi connectivity index (χ4n) is 1.88. The van der Waals surface area contributed by atoms with E-state index in [1.54, 1.807) is 24.3 Å². The first-order valence-corrected chi connectivity index (χ1v) is 6.61. The third-order valence-electron chi connectivity index (χ3n) is 3.41. The van der Waals surface area contributed by atoms with E-state index in [1.807, 2.05) is 20.8 Å². The zero-order chi connectivity index (χ0) is 14.2. The molecule has 1 N–H and O–H groups in total. The summed E-state index contributed by atoms with van der Waals surface area (Å²) in [6.45, 7) is 5.93. The Hall–Kier alpha value is -1.61. The highest BCUT2D eigenvalue weighted by molar-refractivity contribution is 6.49. The van der Waals surface area contributed by atoms with Gasteiger partial charge in [-0.2, -0.15) is 0 Å². The maximum atomic E-state index is 12.4. The van der Waals surface area contributed by atoms with Crippen LogP contribution in [-0.2, 0) is 0 Å². The molecule has 3 nitrogen and oxygen atoms in total. The van der Waals surface area contributed by atoms with Gasteiger partial charge in [-0.15, -0.1) is 0 Å². The van der Waals surface area contributed by atoms with Crippen LogP contribution in [0.3, 0.4) is 0 Å². The number of carbonyl (C=O) groups excluding carboxylic acids is 2. The molecule has 2 rings (SSSR count). The molecule has 1 aromatic rings. The number of carbonyl (C=O) groups is 2. The largest absolute Gasteiger partial charge is 0.376 e. The van der Waals surface area contributed by atoms with Crippen LogP contribution in [0.2, 0.25) is 0 Å². The number of rotatable bonds is 3. The lowest BCUT2D eigenvalue weighted by Gasteiger charge is -2.29. The average molecular weight is 278 g/mol. The molecular weight excluding hydrogens is 262 g/mol. The number of benzene rings is 1. The van der Waals surface area contributed by atoms with E-state index in [0.29, 0.717) is 11.1 Å². The second kappa shape index (κ2) is 4.82. The number of ketones is 2. The second-order valence-electron chi connectivity index (χ2n) is 5.26.